The lowest BCUT2D eigenvalue weighted by molar-refractivity contribution is 0.0694. The molecule has 1 rings (SSSR count). The van der Waals surface area contributed by atoms with E-state index >= 15 is 0 Å². The summed E-state index contributed by atoms with van der Waals surface area (Å²) in [4.78, 5) is 13.2. The first-order valence-corrected chi connectivity index (χ1v) is 5.77. The molecule has 1 atom stereocenters. The number of aromatic carboxylic acids is 1. The standard InChI is InChI=1S/C13H20N2O3/c1-9(8-18-3)15(2)7-10-5-4-6-11(14)12(10)13(16)17/h4-6,9H,7-8,14H2,1-3H3,(H,16,17). The van der Waals surface area contributed by atoms with E-state index in [1.165, 1.54) is 0 Å². The number of carboxylic acid groups (broad SMARTS) is 1. The van der Waals surface area contributed by atoms with Crippen LogP contribution in [0.5, 0.6) is 0 Å². The normalized spacial score (nSPS) is 12.7. The molecule has 0 spiro atoms. The molecule has 18 heavy (non-hydrogen) atoms. The highest BCUT2D eigenvalue weighted by Crippen LogP contribution is 2.19. The summed E-state index contributed by atoms with van der Waals surface area (Å²) < 4.78 is 5.08. The minimum atomic E-state index is -0.990. The summed E-state index contributed by atoms with van der Waals surface area (Å²) in [6, 6.07) is 5.37. The first-order valence-electron chi connectivity index (χ1n) is 5.77. The zero-order valence-electron chi connectivity index (χ0n) is 11.0. The summed E-state index contributed by atoms with van der Waals surface area (Å²) in [7, 11) is 3.58. The monoisotopic (exact) mass is 252 g/mol. The predicted molar refractivity (Wildman–Crippen MR) is 70.6 cm³/mol. The molecule has 1 unspecified atom stereocenters. The minimum absolute atomic E-state index is 0.189. The molecule has 0 aromatic heterocycles. The Balaban J connectivity index is 2.90. The van der Waals surface area contributed by atoms with Gasteiger partial charge in [-0.05, 0) is 25.6 Å². The van der Waals surface area contributed by atoms with Crippen LogP contribution in [-0.4, -0.2) is 42.8 Å². The molecule has 0 amide bonds. The number of hydrogen-bond acceptors (Lipinski definition) is 4. The first kappa shape index (κ1) is 14.5. The van der Waals surface area contributed by atoms with Crippen molar-refractivity contribution < 1.29 is 14.6 Å². The van der Waals surface area contributed by atoms with E-state index in [0.717, 1.165) is 0 Å². The van der Waals surface area contributed by atoms with Gasteiger partial charge < -0.3 is 15.6 Å². The molecular weight excluding hydrogens is 232 g/mol. The molecule has 5 heteroatoms. The number of benzene rings is 1. The highest BCUT2D eigenvalue weighted by Gasteiger charge is 2.16. The second-order valence-corrected chi connectivity index (χ2v) is 4.41. The summed E-state index contributed by atoms with van der Waals surface area (Å²) in [5.41, 5.74) is 6.91. The second kappa shape index (κ2) is 6.37. The maximum Gasteiger partial charge on any atom is 0.338 e. The second-order valence-electron chi connectivity index (χ2n) is 4.41. The van der Waals surface area contributed by atoms with Crippen LogP contribution in [0, 0.1) is 0 Å². The molecule has 0 aliphatic heterocycles. The van der Waals surface area contributed by atoms with Gasteiger partial charge in [0.2, 0.25) is 0 Å². The quantitative estimate of drug-likeness (QED) is 0.749. The van der Waals surface area contributed by atoms with Crippen molar-refractivity contribution in [3.8, 4) is 0 Å². The number of likely N-dealkylation sites (N-methyl/N-ethyl adjacent to an activating group) is 1. The minimum Gasteiger partial charge on any atom is -0.478 e. The number of carbonyl (C=O) groups is 1. The molecule has 0 aliphatic rings. The molecule has 0 saturated heterocycles. The number of hydrogen-bond donors (Lipinski definition) is 2. The van der Waals surface area contributed by atoms with Crippen LogP contribution in [0.2, 0.25) is 0 Å². The fourth-order valence-corrected chi connectivity index (χ4v) is 1.81. The van der Waals surface area contributed by atoms with Crippen LogP contribution in [0.1, 0.15) is 22.8 Å². The Morgan fingerprint density at radius 2 is 2.22 bits per heavy atom. The Hall–Kier alpha value is -1.59. The van der Waals surface area contributed by atoms with E-state index in [1.807, 2.05) is 18.9 Å². The summed E-state index contributed by atoms with van der Waals surface area (Å²) in [5.74, 6) is -0.990. The molecular formula is C13H20N2O3. The van der Waals surface area contributed by atoms with Crippen LogP contribution in [-0.2, 0) is 11.3 Å². The highest BCUT2D eigenvalue weighted by atomic mass is 16.5. The number of methoxy groups -OCH3 is 1. The van der Waals surface area contributed by atoms with E-state index in [4.69, 9.17) is 10.5 Å². The maximum atomic E-state index is 11.2. The highest BCUT2D eigenvalue weighted by molar-refractivity contribution is 5.95. The number of ether oxygens (including phenoxy) is 1. The molecule has 0 aliphatic carbocycles. The molecule has 3 N–H and O–H groups in total. The lowest BCUT2D eigenvalue weighted by Crippen LogP contribution is -2.32. The summed E-state index contributed by atoms with van der Waals surface area (Å²) in [6.45, 7) is 3.15. The van der Waals surface area contributed by atoms with Gasteiger partial charge in [-0.15, -0.1) is 0 Å². The van der Waals surface area contributed by atoms with Gasteiger partial charge in [-0.25, -0.2) is 4.79 Å². The van der Waals surface area contributed by atoms with E-state index in [-0.39, 0.29) is 11.6 Å². The van der Waals surface area contributed by atoms with E-state index in [0.29, 0.717) is 24.4 Å². The van der Waals surface area contributed by atoms with Gasteiger partial charge in [0.25, 0.3) is 0 Å². The van der Waals surface area contributed by atoms with E-state index in [1.54, 1.807) is 25.3 Å². The SMILES string of the molecule is COCC(C)N(C)Cc1cccc(N)c1C(=O)O. The van der Waals surface area contributed by atoms with E-state index in [9.17, 15) is 9.90 Å². The van der Waals surface area contributed by atoms with Gasteiger partial charge in [0.1, 0.15) is 0 Å². The third-order valence-corrected chi connectivity index (χ3v) is 2.98. The van der Waals surface area contributed by atoms with Crippen LogP contribution >= 0.6 is 0 Å². The van der Waals surface area contributed by atoms with Crippen molar-refractivity contribution in [1.82, 2.24) is 4.90 Å². The van der Waals surface area contributed by atoms with Gasteiger partial charge in [0.15, 0.2) is 0 Å². The molecule has 5 nitrogen and oxygen atoms in total. The molecule has 0 bridgehead atoms. The third-order valence-electron chi connectivity index (χ3n) is 2.98. The van der Waals surface area contributed by atoms with Crippen molar-refractivity contribution in [3.05, 3.63) is 29.3 Å². The first-order chi connectivity index (χ1) is 8.47. The van der Waals surface area contributed by atoms with Crippen molar-refractivity contribution in [2.45, 2.75) is 19.5 Å². The van der Waals surface area contributed by atoms with Crippen molar-refractivity contribution in [1.29, 1.82) is 0 Å². The number of rotatable bonds is 6. The average molecular weight is 252 g/mol. The molecule has 1 aromatic rings. The van der Waals surface area contributed by atoms with Crippen LogP contribution in [0.3, 0.4) is 0 Å². The predicted octanol–water partition coefficient (Wildman–Crippen LogP) is 1.43. The maximum absolute atomic E-state index is 11.2. The van der Waals surface area contributed by atoms with Crippen LogP contribution in [0.15, 0.2) is 18.2 Å². The summed E-state index contributed by atoms with van der Waals surface area (Å²) in [5, 5.41) is 9.18. The van der Waals surface area contributed by atoms with Crippen molar-refractivity contribution >= 4 is 11.7 Å². The van der Waals surface area contributed by atoms with Crippen LogP contribution in [0.25, 0.3) is 0 Å². The number of nitrogens with zero attached hydrogens (tertiary/aromatic N) is 1. The van der Waals surface area contributed by atoms with E-state index in [2.05, 4.69) is 0 Å². The zero-order valence-corrected chi connectivity index (χ0v) is 11.0. The Kier molecular flexibility index (Phi) is 5.12. The van der Waals surface area contributed by atoms with Gasteiger partial charge >= 0.3 is 5.97 Å². The average Bonchev–Trinajstić information content (AvgIpc) is 2.28. The Morgan fingerprint density at radius 1 is 1.56 bits per heavy atom. The zero-order chi connectivity index (χ0) is 13.7. The summed E-state index contributed by atoms with van der Waals surface area (Å²) in [6.07, 6.45) is 0. The third kappa shape index (κ3) is 3.45. The smallest absolute Gasteiger partial charge is 0.338 e. The molecule has 1 aromatic carbocycles. The van der Waals surface area contributed by atoms with Crippen molar-refractivity contribution in [3.63, 3.8) is 0 Å². The molecule has 0 saturated carbocycles. The molecule has 0 radical (unpaired) electrons. The number of carboxylic acids is 1. The Bertz CT molecular complexity index is 421. The lowest BCUT2D eigenvalue weighted by Gasteiger charge is -2.24. The van der Waals surface area contributed by atoms with Gasteiger partial charge in [-0.1, -0.05) is 12.1 Å². The molecule has 0 fully saturated rings. The van der Waals surface area contributed by atoms with Gasteiger partial charge in [-0.3, -0.25) is 4.90 Å². The van der Waals surface area contributed by atoms with Gasteiger partial charge in [0.05, 0.1) is 12.2 Å². The largest absolute Gasteiger partial charge is 0.478 e. The topological polar surface area (TPSA) is 75.8 Å². The summed E-state index contributed by atoms with van der Waals surface area (Å²) >= 11 is 0. The Morgan fingerprint density at radius 3 is 2.78 bits per heavy atom. The van der Waals surface area contributed by atoms with Crippen molar-refractivity contribution in [2.24, 2.45) is 0 Å². The lowest BCUT2D eigenvalue weighted by atomic mass is 10.0. The van der Waals surface area contributed by atoms with Crippen molar-refractivity contribution in [2.75, 3.05) is 26.5 Å². The van der Waals surface area contributed by atoms with E-state index < -0.39 is 5.97 Å². The fourth-order valence-electron chi connectivity index (χ4n) is 1.81. The number of nitrogen functional groups attached to an aromatic ring is 1. The van der Waals surface area contributed by atoms with Gasteiger partial charge in [-0.2, -0.15) is 0 Å². The van der Waals surface area contributed by atoms with Crippen LogP contribution < -0.4 is 5.73 Å². The molecule has 100 valence electrons. The molecule has 0 heterocycles. The number of nitrogens with two attached hydrogens (primary N) is 1. The number of anilines is 1. The Labute approximate surface area is 107 Å². The fraction of sp³-hybridized carbons (Fsp3) is 0.462. The van der Waals surface area contributed by atoms with Gasteiger partial charge in [0, 0.05) is 25.4 Å². The van der Waals surface area contributed by atoms with Crippen LogP contribution in [0.4, 0.5) is 5.69 Å².